The molecule has 2 aromatic heterocycles. The zero-order valence-electron chi connectivity index (χ0n) is 52.2. The minimum Gasteiger partial charge on any atom is -0.311 e. The number of fused-ring (bicyclic) bond motifs is 7. The maximum Gasteiger partial charge on any atom is 0.252 e. The van der Waals surface area contributed by atoms with Gasteiger partial charge in [-0.3, -0.25) is 0 Å². The molecule has 2 aliphatic rings. The summed E-state index contributed by atoms with van der Waals surface area (Å²) in [6, 6.07) is 126. The molecule has 0 aliphatic carbocycles. The average Bonchev–Trinajstić information content (AvgIpc) is 0.922. The Balaban J connectivity index is 0.861. The van der Waals surface area contributed by atoms with E-state index in [1.165, 1.54) is 71.7 Å². The quantitative estimate of drug-likeness (QED) is 0.121. The number of hydrogen-bond donors (Lipinski definition) is 0. The number of aryl methyl sites for hydroxylation is 1. The molecule has 5 nitrogen and oxygen atoms in total. The first-order chi connectivity index (χ1) is 47.0. The summed E-state index contributed by atoms with van der Waals surface area (Å²) in [6.07, 6.45) is 0. The van der Waals surface area contributed by atoms with Gasteiger partial charge in [-0.05, 0) is 176 Å². The van der Waals surface area contributed by atoms with Gasteiger partial charge in [-0.2, -0.15) is 0 Å². The highest BCUT2D eigenvalue weighted by Gasteiger charge is 2.44. The van der Waals surface area contributed by atoms with Crippen molar-refractivity contribution in [1.29, 1.82) is 0 Å². The summed E-state index contributed by atoms with van der Waals surface area (Å²) in [7, 11) is 0. The second kappa shape index (κ2) is 23.1. The topological polar surface area (TPSA) is 37.2 Å². The zero-order chi connectivity index (χ0) is 62.9. The standard InChI is InChI=1S/C89H60BN5/c1-59-50-72(89-91-80(66-30-16-6-17-31-66)58-81(92-89)67-32-18-7-19-33-67)52-75(51-59)95-82-35-21-20-34-76(82)77-53-68(40-47-83(77)95)71-56-86-88-87(57-71)94(74-45-38-65(39-46-74)61-24-10-3-11-25-61)85-49-42-70(63-28-14-5-15-29-63)55-79(85)90(88)78-54-69(62-26-12-4-13-27-62)41-48-84(78)93(86)73-43-36-64(37-44-73)60-22-8-2-9-23-60/h2-58H,1H3. The molecule has 6 heteroatoms. The van der Waals surface area contributed by atoms with Crippen LogP contribution in [0, 0.1) is 6.92 Å². The minimum absolute atomic E-state index is 0.137. The molecule has 18 rings (SSSR count). The predicted octanol–water partition coefficient (Wildman–Crippen LogP) is 21.3. The molecule has 0 unspecified atom stereocenters. The smallest absolute Gasteiger partial charge is 0.252 e. The Kier molecular flexibility index (Phi) is 13.5. The van der Waals surface area contributed by atoms with E-state index in [1.807, 2.05) is 12.1 Å². The van der Waals surface area contributed by atoms with Gasteiger partial charge in [0.05, 0.1) is 22.4 Å². The molecular formula is C89H60BN5. The van der Waals surface area contributed by atoms with E-state index in [1.54, 1.807) is 0 Å². The van der Waals surface area contributed by atoms with Crippen molar-refractivity contribution in [2.75, 3.05) is 9.80 Å². The SMILES string of the molecule is Cc1cc(-c2nc(-c3ccccc3)cc(-c3ccccc3)n2)cc(-n2c3ccccc3c3cc(-c4cc5c6c(c4)N(c4ccc(-c7ccccc7)cc4)c4ccc(-c7ccccc7)cc4B6c4cc(-c6ccccc6)ccc4N5c4ccc(-c5ccccc5)cc4)ccc32)c1. The van der Waals surface area contributed by atoms with Crippen molar-refractivity contribution in [1.82, 2.24) is 14.5 Å². The summed E-state index contributed by atoms with van der Waals surface area (Å²) < 4.78 is 2.42. The van der Waals surface area contributed by atoms with Crippen LogP contribution in [0.2, 0.25) is 0 Å². The van der Waals surface area contributed by atoms with Crippen LogP contribution in [0.5, 0.6) is 0 Å². The van der Waals surface area contributed by atoms with E-state index in [-0.39, 0.29) is 6.71 Å². The monoisotopic (exact) mass is 1210 g/mol. The summed E-state index contributed by atoms with van der Waals surface area (Å²) in [5.74, 6) is 0.678. The first-order valence-electron chi connectivity index (χ1n) is 32.6. The van der Waals surface area contributed by atoms with Crippen molar-refractivity contribution in [3.8, 4) is 95.2 Å². The summed E-state index contributed by atoms with van der Waals surface area (Å²) in [5.41, 5.74) is 31.4. The third-order valence-corrected chi connectivity index (χ3v) is 19.2. The molecule has 0 saturated heterocycles. The molecule has 0 spiro atoms. The average molecular weight is 1210 g/mol. The van der Waals surface area contributed by atoms with Crippen molar-refractivity contribution in [3.05, 3.63) is 351 Å². The molecule has 0 bridgehead atoms. The number of hydrogen-bond acceptors (Lipinski definition) is 4. The highest BCUT2D eigenvalue weighted by atomic mass is 15.2. The molecule has 0 fully saturated rings. The number of rotatable bonds is 11. The molecule has 4 heterocycles. The van der Waals surface area contributed by atoms with Crippen molar-refractivity contribution >= 4 is 79.0 Å². The van der Waals surface area contributed by atoms with Crippen molar-refractivity contribution in [2.24, 2.45) is 0 Å². The fourth-order valence-electron chi connectivity index (χ4n) is 14.8. The molecule has 14 aromatic carbocycles. The molecule has 16 aromatic rings. The lowest BCUT2D eigenvalue weighted by Crippen LogP contribution is -2.61. The normalized spacial score (nSPS) is 12.2. The van der Waals surface area contributed by atoms with Crippen LogP contribution in [0.15, 0.2) is 346 Å². The second-order valence-electron chi connectivity index (χ2n) is 25.0. The molecule has 0 radical (unpaired) electrons. The van der Waals surface area contributed by atoms with Crippen LogP contribution in [0.1, 0.15) is 5.56 Å². The van der Waals surface area contributed by atoms with E-state index in [2.05, 4.69) is 355 Å². The lowest BCUT2D eigenvalue weighted by atomic mass is 9.33. The Bertz CT molecular complexity index is 5330. The van der Waals surface area contributed by atoms with Gasteiger partial charge in [0, 0.05) is 67.3 Å². The molecule has 0 N–H and O–H groups in total. The fraction of sp³-hybridized carbons (Fsp3) is 0.0112. The fourth-order valence-corrected chi connectivity index (χ4v) is 14.8. The number of para-hydroxylation sites is 1. The molecule has 444 valence electrons. The summed E-state index contributed by atoms with van der Waals surface area (Å²) in [6.45, 7) is 2.04. The molecular weight excluding hydrogens is 1150 g/mol. The Labute approximate surface area is 553 Å². The number of benzene rings is 14. The van der Waals surface area contributed by atoms with Gasteiger partial charge in [-0.1, -0.05) is 255 Å². The van der Waals surface area contributed by atoms with Crippen molar-refractivity contribution < 1.29 is 0 Å². The van der Waals surface area contributed by atoms with Crippen LogP contribution in [-0.2, 0) is 0 Å². The highest BCUT2D eigenvalue weighted by molar-refractivity contribution is 7.00. The third kappa shape index (κ3) is 9.81. The van der Waals surface area contributed by atoms with Crippen LogP contribution >= 0.6 is 0 Å². The van der Waals surface area contributed by atoms with Gasteiger partial charge in [-0.15, -0.1) is 0 Å². The lowest BCUT2D eigenvalue weighted by Gasteiger charge is -2.44. The minimum atomic E-state index is -0.137. The third-order valence-electron chi connectivity index (χ3n) is 19.2. The van der Waals surface area contributed by atoms with Gasteiger partial charge >= 0.3 is 0 Å². The number of anilines is 6. The van der Waals surface area contributed by atoms with Gasteiger partial charge in [0.15, 0.2) is 5.82 Å². The molecule has 0 saturated carbocycles. The Hall–Kier alpha value is -12.4. The van der Waals surface area contributed by atoms with Gasteiger partial charge < -0.3 is 14.4 Å². The van der Waals surface area contributed by atoms with Crippen molar-refractivity contribution in [2.45, 2.75) is 6.92 Å². The predicted molar refractivity (Wildman–Crippen MR) is 399 cm³/mol. The summed E-state index contributed by atoms with van der Waals surface area (Å²) in [4.78, 5) is 15.7. The maximum atomic E-state index is 5.30. The van der Waals surface area contributed by atoms with Gasteiger partial charge in [0.1, 0.15) is 0 Å². The van der Waals surface area contributed by atoms with E-state index in [0.717, 1.165) is 95.6 Å². The molecule has 0 amide bonds. The van der Waals surface area contributed by atoms with Crippen LogP contribution in [0.3, 0.4) is 0 Å². The van der Waals surface area contributed by atoms with Crippen LogP contribution in [0.4, 0.5) is 34.1 Å². The molecule has 95 heavy (non-hydrogen) atoms. The van der Waals surface area contributed by atoms with Gasteiger partial charge in [0.25, 0.3) is 6.71 Å². The van der Waals surface area contributed by atoms with Crippen LogP contribution in [0.25, 0.3) is 117 Å². The number of aromatic nitrogens is 3. The van der Waals surface area contributed by atoms with Crippen LogP contribution < -0.4 is 26.2 Å². The van der Waals surface area contributed by atoms with Crippen molar-refractivity contribution in [3.63, 3.8) is 0 Å². The van der Waals surface area contributed by atoms with E-state index in [4.69, 9.17) is 9.97 Å². The van der Waals surface area contributed by atoms with E-state index in [9.17, 15) is 0 Å². The first kappa shape index (κ1) is 55.5. The van der Waals surface area contributed by atoms with Gasteiger partial charge in [-0.25, -0.2) is 9.97 Å². The summed E-state index contributed by atoms with van der Waals surface area (Å²) >= 11 is 0. The van der Waals surface area contributed by atoms with E-state index in [0.29, 0.717) is 5.82 Å². The van der Waals surface area contributed by atoms with Gasteiger partial charge in [0.2, 0.25) is 0 Å². The van der Waals surface area contributed by atoms with E-state index < -0.39 is 0 Å². The number of nitrogens with zero attached hydrogens (tertiary/aromatic N) is 5. The Morgan fingerprint density at radius 3 is 1.13 bits per heavy atom. The maximum absolute atomic E-state index is 5.30. The molecule has 0 atom stereocenters. The Morgan fingerprint density at radius 1 is 0.253 bits per heavy atom. The summed E-state index contributed by atoms with van der Waals surface area (Å²) in [5, 5.41) is 2.34. The lowest BCUT2D eigenvalue weighted by molar-refractivity contribution is 1.15. The largest absolute Gasteiger partial charge is 0.311 e. The highest BCUT2D eigenvalue weighted by Crippen LogP contribution is 2.48. The molecule has 2 aliphatic heterocycles. The Morgan fingerprint density at radius 2 is 0.642 bits per heavy atom. The van der Waals surface area contributed by atoms with Crippen LogP contribution in [-0.4, -0.2) is 21.2 Å². The second-order valence-corrected chi connectivity index (χ2v) is 25.0. The zero-order valence-corrected chi connectivity index (χ0v) is 52.2. The first-order valence-corrected chi connectivity index (χ1v) is 32.6. The van der Waals surface area contributed by atoms with E-state index >= 15 is 0 Å².